The Hall–Kier alpha value is -4.20. The minimum Gasteiger partial charge on any atom is -0.497 e. The molecule has 8 nitrogen and oxygen atoms in total. The Morgan fingerprint density at radius 1 is 1.10 bits per heavy atom. The molecule has 1 amide bonds. The Kier molecular flexibility index (Phi) is 5.89. The molecule has 0 atom stereocenters. The smallest absolute Gasteiger partial charge is 0.243 e. The van der Waals surface area contributed by atoms with E-state index in [1.165, 1.54) is 0 Å². The molecule has 0 bridgehead atoms. The zero-order valence-corrected chi connectivity index (χ0v) is 17.2. The van der Waals surface area contributed by atoms with Gasteiger partial charge in [0.25, 0.3) is 0 Å². The summed E-state index contributed by atoms with van der Waals surface area (Å²) >= 11 is 0. The number of ether oxygens (including phenoxy) is 1. The van der Waals surface area contributed by atoms with Crippen molar-refractivity contribution >= 4 is 34.0 Å². The van der Waals surface area contributed by atoms with Crippen LogP contribution in [0.4, 0.5) is 17.3 Å². The number of hydrogen-bond acceptors (Lipinski definition) is 7. The Labute approximate surface area is 179 Å². The van der Waals surface area contributed by atoms with E-state index in [4.69, 9.17) is 4.74 Å². The van der Waals surface area contributed by atoms with E-state index in [0.717, 1.165) is 33.5 Å². The molecule has 0 radical (unpaired) electrons. The van der Waals surface area contributed by atoms with Crippen LogP contribution in [0.2, 0.25) is 0 Å². The van der Waals surface area contributed by atoms with Crippen molar-refractivity contribution in [2.24, 2.45) is 0 Å². The first-order valence-corrected chi connectivity index (χ1v) is 9.73. The maximum Gasteiger partial charge on any atom is 0.243 e. The van der Waals surface area contributed by atoms with E-state index in [2.05, 4.69) is 37.0 Å². The zero-order chi connectivity index (χ0) is 21.6. The van der Waals surface area contributed by atoms with Crippen LogP contribution in [0.25, 0.3) is 22.0 Å². The molecule has 0 spiro atoms. The first-order valence-electron chi connectivity index (χ1n) is 9.73. The van der Waals surface area contributed by atoms with Crippen molar-refractivity contribution in [3.8, 4) is 17.0 Å². The fourth-order valence-electron chi connectivity index (χ4n) is 3.22. The monoisotopic (exact) mass is 414 g/mol. The van der Waals surface area contributed by atoms with Crippen LogP contribution in [0.3, 0.4) is 0 Å². The van der Waals surface area contributed by atoms with E-state index in [9.17, 15) is 4.79 Å². The number of hydrogen-bond donors (Lipinski definition) is 3. The number of rotatable bonds is 7. The van der Waals surface area contributed by atoms with E-state index in [1.807, 2.05) is 30.3 Å². The van der Waals surface area contributed by atoms with Crippen molar-refractivity contribution in [3.63, 3.8) is 0 Å². The average molecular weight is 414 g/mol. The molecule has 156 valence electrons. The van der Waals surface area contributed by atoms with E-state index in [-0.39, 0.29) is 12.5 Å². The highest BCUT2D eigenvalue weighted by Gasteiger charge is 2.11. The SMILES string of the molecule is CNc1nccc(-c2cc(NCC(=O)Nc3cccnc3)c3cc(OC)ccc3c2)n1. The molecule has 4 aromatic rings. The van der Waals surface area contributed by atoms with Gasteiger partial charge in [0.05, 0.1) is 31.2 Å². The van der Waals surface area contributed by atoms with E-state index < -0.39 is 0 Å². The number of methoxy groups -OCH3 is 1. The number of amides is 1. The molecule has 0 unspecified atom stereocenters. The van der Waals surface area contributed by atoms with Crippen molar-refractivity contribution < 1.29 is 9.53 Å². The van der Waals surface area contributed by atoms with Crippen LogP contribution in [0.5, 0.6) is 5.75 Å². The number of benzene rings is 2. The maximum atomic E-state index is 12.4. The third-order valence-corrected chi connectivity index (χ3v) is 4.72. The van der Waals surface area contributed by atoms with E-state index in [1.54, 1.807) is 44.9 Å². The molecular formula is C23H22N6O2. The number of fused-ring (bicyclic) bond motifs is 1. The van der Waals surface area contributed by atoms with Gasteiger partial charge in [0.15, 0.2) is 0 Å². The molecule has 2 aromatic carbocycles. The Morgan fingerprint density at radius 3 is 2.77 bits per heavy atom. The normalized spacial score (nSPS) is 10.5. The number of nitrogens with zero attached hydrogens (tertiary/aromatic N) is 3. The summed E-state index contributed by atoms with van der Waals surface area (Å²) in [5.74, 6) is 1.11. The van der Waals surface area contributed by atoms with Crippen LogP contribution >= 0.6 is 0 Å². The van der Waals surface area contributed by atoms with E-state index >= 15 is 0 Å². The van der Waals surface area contributed by atoms with Gasteiger partial charge in [-0.3, -0.25) is 9.78 Å². The number of nitrogens with one attached hydrogen (secondary N) is 3. The van der Waals surface area contributed by atoms with Gasteiger partial charge in [-0.1, -0.05) is 6.07 Å². The molecule has 4 rings (SSSR count). The van der Waals surface area contributed by atoms with Gasteiger partial charge < -0.3 is 20.7 Å². The minimum atomic E-state index is -0.172. The summed E-state index contributed by atoms with van der Waals surface area (Å²) in [6.45, 7) is 0.0934. The van der Waals surface area contributed by atoms with Gasteiger partial charge in [0.1, 0.15) is 5.75 Å². The van der Waals surface area contributed by atoms with Crippen molar-refractivity contribution in [1.82, 2.24) is 15.0 Å². The first-order chi connectivity index (χ1) is 15.2. The molecule has 0 aliphatic heterocycles. The van der Waals surface area contributed by atoms with Crippen LogP contribution in [-0.2, 0) is 4.79 Å². The van der Waals surface area contributed by atoms with Crippen molar-refractivity contribution in [2.45, 2.75) is 0 Å². The average Bonchev–Trinajstić information content (AvgIpc) is 2.82. The highest BCUT2D eigenvalue weighted by atomic mass is 16.5. The molecule has 2 heterocycles. The lowest BCUT2D eigenvalue weighted by Crippen LogP contribution is -2.21. The van der Waals surface area contributed by atoms with E-state index in [0.29, 0.717) is 11.6 Å². The number of anilines is 3. The van der Waals surface area contributed by atoms with Crippen molar-refractivity contribution in [2.75, 3.05) is 36.7 Å². The van der Waals surface area contributed by atoms with Gasteiger partial charge in [0.2, 0.25) is 11.9 Å². The summed E-state index contributed by atoms with van der Waals surface area (Å²) in [5, 5.41) is 11.0. The highest BCUT2D eigenvalue weighted by Crippen LogP contribution is 2.33. The number of carbonyl (C=O) groups excluding carboxylic acids is 1. The van der Waals surface area contributed by atoms with Crippen LogP contribution in [0.1, 0.15) is 0 Å². The Morgan fingerprint density at radius 2 is 2.00 bits per heavy atom. The Bertz CT molecular complexity index is 1210. The second-order valence-electron chi connectivity index (χ2n) is 6.77. The molecule has 0 saturated heterocycles. The second kappa shape index (κ2) is 9.08. The maximum absolute atomic E-state index is 12.4. The quantitative estimate of drug-likeness (QED) is 0.423. The van der Waals surface area contributed by atoms with Crippen LogP contribution < -0.4 is 20.7 Å². The first kappa shape index (κ1) is 20.1. The van der Waals surface area contributed by atoms with Gasteiger partial charge in [-0.25, -0.2) is 9.97 Å². The summed E-state index contributed by atoms with van der Waals surface area (Å²) in [7, 11) is 3.41. The summed E-state index contributed by atoms with van der Waals surface area (Å²) < 4.78 is 5.38. The van der Waals surface area contributed by atoms with Gasteiger partial charge in [-0.2, -0.15) is 0 Å². The minimum absolute atomic E-state index is 0.0934. The summed E-state index contributed by atoms with van der Waals surface area (Å²) in [5.41, 5.74) is 3.14. The molecule has 2 aromatic heterocycles. The number of aromatic nitrogens is 3. The van der Waals surface area contributed by atoms with Gasteiger partial charge in [0, 0.05) is 36.1 Å². The van der Waals surface area contributed by atoms with Crippen molar-refractivity contribution in [3.05, 3.63) is 67.1 Å². The topological polar surface area (TPSA) is 101 Å². The summed E-state index contributed by atoms with van der Waals surface area (Å²) in [6.07, 6.45) is 4.97. The number of carbonyl (C=O) groups is 1. The van der Waals surface area contributed by atoms with Crippen LogP contribution in [0.15, 0.2) is 67.1 Å². The standard InChI is InChI=1S/C23H22N6O2/c1-24-23-26-9-7-20(29-23)16-10-15-5-6-18(31-2)12-19(15)21(11-16)27-14-22(30)28-17-4-3-8-25-13-17/h3-13,27H,14H2,1-2H3,(H,28,30)(H,24,26,29). The predicted octanol–water partition coefficient (Wildman–Crippen LogP) is 3.79. The molecule has 0 aliphatic rings. The summed E-state index contributed by atoms with van der Waals surface area (Å²) in [4.78, 5) is 25.1. The molecule has 31 heavy (non-hydrogen) atoms. The third-order valence-electron chi connectivity index (χ3n) is 4.72. The molecule has 0 fully saturated rings. The predicted molar refractivity (Wildman–Crippen MR) is 122 cm³/mol. The molecule has 0 saturated carbocycles. The zero-order valence-electron chi connectivity index (χ0n) is 17.2. The summed E-state index contributed by atoms with van der Waals surface area (Å²) in [6, 6.07) is 15.3. The number of pyridine rings is 1. The van der Waals surface area contributed by atoms with Crippen molar-refractivity contribution in [1.29, 1.82) is 0 Å². The molecular weight excluding hydrogens is 392 g/mol. The lowest BCUT2D eigenvalue weighted by molar-refractivity contribution is -0.114. The third kappa shape index (κ3) is 4.69. The van der Waals surface area contributed by atoms with Crippen LogP contribution in [-0.4, -0.2) is 41.6 Å². The Balaban J connectivity index is 1.66. The van der Waals surface area contributed by atoms with Gasteiger partial charge in [-0.05, 0) is 47.9 Å². The lowest BCUT2D eigenvalue weighted by Gasteiger charge is -2.14. The van der Waals surface area contributed by atoms with Gasteiger partial charge >= 0.3 is 0 Å². The molecule has 0 aliphatic carbocycles. The van der Waals surface area contributed by atoms with Gasteiger partial charge in [-0.15, -0.1) is 0 Å². The lowest BCUT2D eigenvalue weighted by atomic mass is 10.0. The highest BCUT2D eigenvalue weighted by molar-refractivity contribution is 6.00. The fourth-order valence-corrected chi connectivity index (χ4v) is 3.22. The second-order valence-corrected chi connectivity index (χ2v) is 6.77. The molecule has 3 N–H and O–H groups in total. The largest absolute Gasteiger partial charge is 0.497 e. The fraction of sp³-hybridized carbons (Fsp3) is 0.130. The molecule has 8 heteroatoms. The van der Waals surface area contributed by atoms with Crippen LogP contribution in [0, 0.1) is 0 Å².